The van der Waals surface area contributed by atoms with Gasteiger partial charge in [-0.15, -0.1) is 0 Å². The predicted octanol–water partition coefficient (Wildman–Crippen LogP) is 2.16. The minimum absolute atomic E-state index is 0.0610. The Balaban J connectivity index is 2.19. The number of hydrogen-bond donors (Lipinski definition) is 0. The number of rotatable bonds is 2. The van der Waals surface area contributed by atoms with Crippen LogP contribution in [-0.2, 0) is 0 Å². The number of amides is 1. The first-order valence-corrected chi connectivity index (χ1v) is 6.55. The number of likely N-dealkylation sites (tertiary alicyclic amines) is 1. The molecule has 4 nitrogen and oxygen atoms in total. The third-order valence-corrected chi connectivity index (χ3v) is 3.48. The van der Waals surface area contributed by atoms with Crippen molar-refractivity contribution in [2.45, 2.75) is 32.2 Å². The summed E-state index contributed by atoms with van der Waals surface area (Å²) in [7, 11) is 3.86. The van der Waals surface area contributed by atoms with Crippen LogP contribution in [-0.4, -0.2) is 42.5 Å². The van der Waals surface area contributed by atoms with E-state index in [-0.39, 0.29) is 5.91 Å². The predicted molar refractivity (Wildman–Crippen MR) is 72.9 cm³/mol. The zero-order valence-corrected chi connectivity index (χ0v) is 11.4. The van der Waals surface area contributed by atoms with Gasteiger partial charge in [-0.3, -0.25) is 4.79 Å². The smallest absolute Gasteiger partial charge is 0.272 e. The molecule has 0 aromatic carbocycles. The quantitative estimate of drug-likeness (QED) is 0.803. The van der Waals surface area contributed by atoms with Crippen LogP contribution in [0.5, 0.6) is 0 Å². The molecule has 1 amide bonds. The third-order valence-electron chi connectivity index (χ3n) is 3.48. The lowest BCUT2D eigenvalue weighted by Gasteiger charge is -2.33. The summed E-state index contributed by atoms with van der Waals surface area (Å²) in [5, 5.41) is 0. The highest BCUT2D eigenvalue weighted by Crippen LogP contribution is 2.19. The molecule has 1 aliphatic rings. The van der Waals surface area contributed by atoms with Gasteiger partial charge in [-0.25, -0.2) is 4.98 Å². The van der Waals surface area contributed by atoms with E-state index in [1.54, 1.807) is 6.07 Å². The van der Waals surface area contributed by atoms with E-state index in [2.05, 4.69) is 11.9 Å². The van der Waals surface area contributed by atoms with E-state index in [1.807, 2.05) is 36.0 Å². The Bertz CT molecular complexity index is 431. The first-order chi connectivity index (χ1) is 8.59. The molecule has 0 aliphatic carbocycles. The van der Waals surface area contributed by atoms with Gasteiger partial charge in [-0.2, -0.15) is 0 Å². The maximum absolute atomic E-state index is 12.4. The van der Waals surface area contributed by atoms with Gasteiger partial charge in [0.05, 0.1) is 0 Å². The number of pyridine rings is 1. The van der Waals surface area contributed by atoms with Crippen molar-refractivity contribution in [2.24, 2.45) is 0 Å². The van der Waals surface area contributed by atoms with E-state index >= 15 is 0 Å². The molecule has 0 radical (unpaired) electrons. The van der Waals surface area contributed by atoms with Crippen molar-refractivity contribution >= 4 is 11.7 Å². The first kappa shape index (κ1) is 12.9. The van der Waals surface area contributed by atoms with Gasteiger partial charge in [0.2, 0.25) is 0 Å². The molecule has 4 heteroatoms. The molecule has 1 atom stereocenters. The summed E-state index contributed by atoms with van der Waals surface area (Å²) in [5.74, 6) is 0.886. The van der Waals surface area contributed by atoms with Crippen LogP contribution >= 0.6 is 0 Å². The fourth-order valence-electron chi connectivity index (χ4n) is 2.34. The monoisotopic (exact) mass is 247 g/mol. The van der Waals surface area contributed by atoms with Gasteiger partial charge >= 0.3 is 0 Å². The summed E-state index contributed by atoms with van der Waals surface area (Å²) in [4.78, 5) is 20.7. The van der Waals surface area contributed by atoms with Crippen molar-refractivity contribution in [2.75, 3.05) is 25.5 Å². The largest absolute Gasteiger partial charge is 0.363 e. The lowest BCUT2D eigenvalue weighted by Crippen LogP contribution is -2.42. The van der Waals surface area contributed by atoms with E-state index in [0.29, 0.717) is 11.7 Å². The Hall–Kier alpha value is -1.58. The zero-order valence-electron chi connectivity index (χ0n) is 11.4. The van der Waals surface area contributed by atoms with Crippen LogP contribution in [0.4, 0.5) is 5.82 Å². The molecule has 1 fully saturated rings. The number of anilines is 1. The van der Waals surface area contributed by atoms with E-state index < -0.39 is 0 Å². The third kappa shape index (κ3) is 2.63. The summed E-state index contributed by atoms with van der Waals surface area (Å²) in [6, 6.07) is 5.94. The summed E-state index contributed by atoms with van der Waals surface area (Å²) in [6.45, 7) is 2.97. The van der Waals surface area contributed by atoms with E-state index in [1.165, 1.54) is 6.42 Å². The van der Waals surface area contributed by atoms with E-state index in [0.717, 1.165) is 25.2 Å². The highest BCUT2D eigenvalue weighted by Gasteiger charge is 2.25. The van der Waals surface area contributed by atoms with Crippen LogP contribution < -0.4 is 4.90 Å². The number of carbonyl (C=O) groups excluding carboxylic acids is 1. The van der Waals surface area contributed by atoms with Crippen LogP contribution in [0.3, 0.4) is 0 Å². The number of hydrogen-bond acceptors (Lipinski definition) is 3. The highest BCUT2D eigenvalue weighted by atomic mass is 16.2. The van der Waals surface area contributed by atoms with Crippen LogP contribution in [0.1, 0.15) is 36.7 Å². The van der Waals surface area contributed by atoms with Gasteiger partial charge in [0, 0.05) is 26.7 Å². The van der Waals surface area contributed by atoms with Gasteiger partial charge in [-0.05, 0) is 38.3 Å². The highest BCUT2D eigenvalue weighted by molar-refractivity contribution is 5.93. The van der Waals surface area contributed by atoms with Crippen molar-refractivity contribution in [3.63, 3.8) is 0 Å². The molecule has 1 aliphatic heterocycles. The molecule has 1 unspecified atom stereocenters. The first-order valence-electron chi connectivity index (χ1n) is 6.55. The Morgan fingerprint density at radius 2 is 2.17 bits per heavy atom. The Morgan fingerprint density at radius 1 is 1.39 bits per heavy atom. The summed E-state index contributed by atoms with van der Waals surface area (Å²) in [5.41, 5.74) is 0.551. The van der Waals surface area contributed by atoms with E-state index in [9.17, 15) is 4.79 Å². The Labute approximate surface area is 109 Å². The molecule has 18 heavy (non-hydrogen) atoms. The molecule has 1 saturated heterocycles. The minimum Gasteiger partial charge on any atom is -0.363 e. The molecular formula is C14H21N3O. The molecule has 2 heterocycles. The van der Waals surface area contributed by atoms with Gasteiger partial charge in [-0.1, -0.05) is 6.07 Å². The minimum atomic E-state index is 0.0610. The molecule has 0 bridgehead atoms. The fraction of sp³-hybridized carbons (Fsp3) is 0.571. The molecule has 98 valence electrons. The van der Waals surface area contributed by atoms with Crippen molar-refractivity contribution in [1.82, 2.24) is 9.88 Å². The normalized spacial score (nSPS) is 19.7. The average Bonchev–Trinajstić information content (AvgIpc) is 2.38. The van der Waals surface area contributed by atoms with Crippen molar-refractivity contribution in [1.29, 1.82) is 0 Å². The second-order valence-corrected chi connectivity index (χ2v) is 5.12. The average molecular weight is 247 g/mol. The van der Waals surface area contributed by atoms with Gasteiger partial charge in [0.25, 0.3) is 5.91 Å². The maximum atomic E-state index is 12.4. The fourth-order valence-corrected chi connectivity index (χ4v) is 2.34. The number of carbonyl (C=O) groups is 1. The van der Waals surface area contributed by atoms with E-state index in [4.69, 9.17) is 0 Å². The molecular weight excluding hydrogens is 226 g/mol. The van der Waals surface area contributed by atoms with Crippen molar-refractivity contribution < 1.29 is 4.79 Å². The van der Waals surface area contributed by atoms with Crippen molar-refractivity contribution in [3.05, 3.63) is 23.9 Å². The summed E-state index contributed by atoms with van der Waals surface area (Å²) >= 11 is 0. The zero-order chi connectivity index (χ0) is 13.1. The van der Waals surface area contributed by atoms with Crippen LogP contribution in [0, 0.1) is 0 Å². The number of piperidine rings is 1. The molecule has 1 aromatic heterocycles. The van der Waals surface area contributed by atoms with Crippen LogP contribution in [0.15, 0.2) is 18.2 Å². The summed E-state index contributed by atoms with van der Waals surface area (Å²) in [6.07, 6.45) is 3.42. The van der Waals surface area contributed by atoms with Gasteiger partial charge < -0.3 is 9.80 Å². The van der Waals surface area contributed by atoms with Crippen molar-refractivity contribution in [3.8, 4) is 0 Å². The molecule has 1 aromatic rings. The van der Waals surface area contributed by atoms with Gasteiger partial charge in [0.15, 0.2) is 0 Å². The van der Waals surface area contributed by atoms with Crippen LogP contribution in [0.25, 0.3) is 0 Å². The lowest BCUT2D eigenvalue weighted by atomic mass is 10.0. The maximum Gasteiger partial charge on any atom is 0.272 e. The number of aromatic nitrogens is 1. The molecule has 2 rings (SSSR count). The summed E-state index contributed by atoms with van der Waals surface area (Å²) < 4.78 is 0. The second kappa shape index (κ2) is 5.38. The molecule has 0 spiro atoms. The SMILES string of the molecule is CC1CCCCN1C(=O)c1cccc(N(C)C)n1. The number of nitrogens with zero attached hydrogens (tertiary/aromatic N) is 3. The second-order valence-electron chi connectivity index (χ2n) is 5.12. The Kier molecular flexibility index (Phi) is 3.84. The lowest BCUT2D eigenvalue weighted by molar-refractivity contribution is 0.0629. The van der Waals surface area contributed by atoms with Crippen LogP contribution in [0.2, 0.25) is 0 Å². The molecule has 0 saturated carbocycles. The Morgan fingerprint density at radius 3 is 2.83 bits per heavy atom. The molecule has 0 N–H and O–H groups in total. The van der Waals surface area contributed by atoms with Gasteiger partial charge in [0.1, 0.15) is 11.5 Å². The standard InChI is InChI=1S/C14H21N3O/c1-11-7-4-5-10-17(11)14(18)12-8-6-9-13(15-12)16(2)3/h6,8-9,11H,4-5,7,10H2,1-3H3. The topological polar surface area (TPSA) is 36.4 Å².